The normalized spacial score (nSPS) is 15.5. The molecule has 0 aromatic rings. The van der Waals surface area contributed by atoms with Gasteiger partial charge in [0.1, 0.15) is 0 Å². The van der Waals surface area contributed by atoms with Crippen molar-refractivity contribution in [3.8, 4) is 0 Å². The Kier molecular flexibility index (Phi) is 18.9. The van der Waals surface area contributed by atoms with Crippen LogP contribution >= 0.6 is 75.0 Å². The second-order valence-corrected chi connectivity index (χ2v) is 11.5. The van der Waals surface area contributed by atoms with Crippen molar-refractivity contribution in [3.05, 3.63) is 0 Å². The number of nitrogens with zero attached hydrogens (tertiary/aromatic N) is 2. The quantitative estimate of drug-likeness (QED) is 0.0820. The van der Waals surface area contributed by atoms with E-state index in [1.165, 1.54) is 19.3 Å². The summed E-state index contributed by atoms with van der Waals surface area (Å²) >= 11 is 30.3. The standard InChI is InChI=1S/C24H46N2S6/c27-18-8-4-14-25(15-5-9-19-28)22(31)24(12-2-1-3-13-24)23(32)26(16-6-10-20-29)17-7-11-21-30/h27-30H,1-21H2. The molecule has 0 radical (unpaired) electrons. The first-order valence-corrected chi connectivity index (χ1v) is 15.9. The van der Waals surface area contributed by atoms with Gasteiger partial charge in [0.2, 0.25) is 0 Å². The molecule has 0 spiro atoms. The first-order valence-electron chi connectivity index (χ1n) is 12.6. The molecule has 1 rings (SSSR count). The summed E-state index contributed by atoms with van der Waals surface area (Å²) in [5.41, 5.74) is -0.132. The number of thiol groups is 4. The molecule has 0 aromatic carbocycles. The zero-order valence-corrected chi connectivity index (χ0v) is 25.1. The minimum atomic E-state index is -0.132. The Hall–Kier alpha value is 1.18. The summed E-state index contributed by atoms with van der Waals surface area (Å²) in [6, 6.07) is 0. The predicted molar refractivity (Wildman–Crippen MR) is 166 cm³/mol. The highest BCUT2D eigenvalue weighted by Gasteiger charge is 2.44. The van der Waals surface area contributed by atoms with Gasteiger partial charge >= 0.3 is 0 Å². The fourth-order valence-corrected chi connectivity index (χ4v) is 6.49. The fraction of sp³-hybridized carbons (Fsp3) is 0.917. The van der Waals surface area contributed by atoms with Crippen molar-refractivity contribution in [2.75, 3.05) is 49.2 Å². The van der Waals surface area contributed by atoms with E-state index >= 15 is 0 Å². The maximum absolute atomic E-state index is 6.32. The Morgan fingerprint density at radius 2 is 0.844 bits per heavy atom. The number of rotatable bonds is 18. The van der Waals surface area contributed by atoms with Crippen LogP contribution in [-0.2, 0) is 0 Å². The van der Waals surface area contributed by atoms with Crippen molar-refractivity contribution in [2.24, 2.45) is 5.41 Å². The van der Waals surface area contributed by atoms with E-state index in [-0.39, 0.29) is 5.41 Å². The van der Waals surface area contributed by atoms with E-state index < -0.39 is 0 Å². The van der Waals surface area contributed by atoms with Crippen LogP contribution < -0.4 is 0 Å². The minimum absolute atomic E-state index is 0.132. The van der Waals surface area contributed by atoms with Crippen molar-refractivity contribution < 1.29 is 0 Å². The predicted octanol–water partition coefficient (Wildman–Crippen LogP) is 7.04. The molecule has 0 bridgehead atoms. The van der Waals surface area contributed by atoms with Crippen LogP contribution in [-0.4, -0.2) is 69.0 Å². The monoisotopic (exact) mass is 554 g/mol. The third-order valence-corrected chi connectivity index (χ3v) is 9.01. The van der Waals surface area contributed by atoms with Gasteiger partial charge in [0.05, 0.1) is 15.4 Å². The second-order valence-electron chi connectivity index (χ2n) is 8.95. The minimum Gasteiger partial charge on any atom is -0.365 e. The van der Waals surface area contributed by atoms with Crippen molar-refractivity contribution in [1.29, 1.82) is 0 Å². The average Bonchev–Trinajstić information content (AvgIpc) is 2.82. The van der Waals surface area contributed by atoms with Crippen LogP contribution in [0.15, 0.2) is 0 Å². The second kappa shape index (κ2) is 19.4. The molecule has 0 aliphatic heterocycles. The number of thiocarbonyl (C=S) groups is 2. The SMILES string of the molecule is S=C(N(CCCCS)CCCCS)C1(C(=S)N(CCCCS)CCCCS)CCCCC1. The molecule has 1 aliphatic rings. The van der Waals surface area contributed by atoms with Gasteiger partial charge in [0, 0.05) is 26.2 Å². The van der Waals surface area contributed by atoms with E-state index in [4.69, 9.17) is 24.4 Å². The topological polar surface area (TPSA) is 6.48 Å². The zero-order chi connectivity index (χ0) is 23.7. The van der Waals surface area contributed by atoms with Gasteiger partial charge < -0.3 is 9.80 Å². The lowest BCUT2D eigenvalue weighted by molar-refractivity contribution is 0.286. The molecule has 0 aromatic heterocycles. The molecule has 1 fully saturated rings. The van der Waals surface area contributed by atoms with Crippen LogP contribution in [0.1, 0.15) is 83.5 Å². The molecule has 0 unspecified atom stereocenters. The van der Waals surface area contributed by atoms with E-state index in [1.807, 2.05) is 0 Å². The summed E-state index contributed by atoms with van der Waals surface area (Å²) in [7, 11) is 0. The number of hydrogen-bond donors (Lipinski definition) is 4. The average molecular weight is 555 g/mol. The summed E-state index contributed by atoms with van der Waals surface area (Å²) in [6.45, 7) is 4.09. The summed E-state index contributed by atoms with van der Waals surface area (Å²) in [6.07, 6.45) is 15.0. The molecule has 8 heteroatoms. The number of unbranched alkanes of at least 4 members (excludes halogenated alkanes) is 4. The number of hydrogen-bond acceptors (Lipinski definition) is 6. The van der Waals surface area contributed by atoms with Gasteiger partial charge in [-0.05, 0) is 87.2 Å². The summed E-state index contributed by atoms with van der Waals surface area (Å²) in [5.74, 6) is 3.74. The van der Waals surface area contributed by atoms with Crippen molar-refractivity contribution >= 4 is 84.9 Å². The lowest BCUT2D eigenvalue weighted by Crippen LogP contribution is -2.54. The molecule has 0 atom stereocenters. The van der Waals surface area contributed by atoms with E-state index in [0.717, 1.165) is 123 Å². The van der Waals surface area contributed by atoms with Crippen molar-refractivity contribution in [1.82, 2.24) is 9.80 Å². The fourth-order valence-electron chi connectivity index (χ4n) is 4.57. The Bertz CT molecular complexity index is 453. The van der Waals surface area contributed by atoms with Gasteiger partial charge in [0.15, 0.2) is 0 Å². The third kappa shape index (κ3) is 10.8. The molecular formula is C24H46N2S6. The highest BCUT2D eigenvalue weighted by atomic mass is 32.1. The maximum atomic E-state index is 6.32. The molecule has 0 amide bonds. The Morgan fingerprint density at radius 1 is 0.531 bits per heavy atom. The molecule has 1 saturated carbocycles. The molecule has 0 N–H and O–H groups in total. The molecule has 0 heterocycles. The molecule has 2 nitrogen and oxygen atoms in total. The molecule has 0 saturated heterocycles. The van der Waals surface area contributed by atoms with Crippen LogP contribution in [0.25, 0.3) is 0 Å². The molecular weight excluding hydrogens is 509 g/mol. The highest BCUT2D eigenvalue weighted by Crippen LogP contribution is 2.42. The van der Waals surface area contributed by atoms with E-state index in [9.17, 15) is 0 Å². The third-order valence-electron chi connectivity index (χ3n) is 6.44. The van der Waals surface area contributed by atoms with Gasteiger partial charge in [-0.25, -0.2) is 0 Å². The summed E-state index contributed by atoms with van der Waals surface area (Å²) < 4.78 is 0. The van der Waals surface area contributed by atoms with Crippen molar-refractivity contribution in [3.63, 3.8) is 0 Å². The molecule has 1 aliphatic carbocycles. The van der Waals surface area contributed by atoms with Crippen LogP contribution in [0.5, 0.6) is 0 Å². The van der Waals surface area contributed by atoms with Crippen LogP contribution in [0.4, 0.5) is 0 Å². The Balaban J connectivity index is 3.09. The van der Waals surface area contributed by atoms with Crippen LogP contribution in [0, 0.1) is 5.41 Å². The van der Waals surface area contributed by atoms with Gasteiger partial charge in [-0.1, -0.05) is 43.7 Å². The van der Waals surface area contributed by atoms with Gasteiger partial charge in [-0.15, -0.1) is 0 Å². The molecule has 188 valence electrons. The Morgan fingerprint density at radius 3 is 1.12 bits per heavy atom. The lowest BCUT2D eigenvalue weighted by Gasteiger charge is -2.46. The van der Waals surface area contributed by atoms with E-state index in [0.29, 0.717) is 0 Å². The van der Waals surface area contributed by atoms with Crippen molar-refractivity contribution in [2.45, 2.75) is 83.5 Å². The van der Waals surface area contributed by atoms with Crippen LogP contribution in [0.3, 0.4) is 0 Å². The zero-order valence-electron chi connectivity index (χ0n) is 19.8. The Labute approximate surface area is 231 Å². The highest BCUT2D eigenvalue weighted by molar-refractivity contribution is 7.82. The maximum Gasteiger partial charge on any atom is 0.0910 e. The smallest absolute Gasteiger partial charge is 0.0910 e. The first kappa shape index (κ1) is 31.2. The van der Waals surface area contributed by atoms with Gasteiger partial charge in [0.25, 0.3) is 0 Å². The van der Waals surface area contributed by atoms with Gasteiger partial charge in [-0.3, -0.25) is 0 Å². The van der Waals surface area contributed by atoms with E-state index in [2.05, 4.69) is 60.3 Å². The van der Waals surface area contributed by atoms with Gasteiger partial charge in [-0.2, -0.15) is 50.5 Å². The summed E-state index contributed by atoms with van der Waals surface area (Å²) in [5, 5.41) is 0. The summed E-state index contributed by atoms with van der Waals surface area (Å²) in [4.78, 5) is 7.24. The lowest BCUT2D eigenvalue weighted by atomic mass is 9.72. The van der Waals surface area contributed by atoms with E-state index in [1.54, 1.807) is 0 Å². The first-order chi connectivity index (χ1) is 15.6. The largest absolute Gasteiger partial charge is 0.365 e. The molecule has 32 heavy (non-hydrogen) atoms. The van der Waals surface area contributed by atoms with Crippen LogP contribution in [0.2, 0.25) is 0 Å².